The largest absolute Gasteiger partial charge is 0.489 e. The minimum absolute atomic E-state index is 0.0128. The van der Waals surface area contributed by atoms with Crippen molar-refractivity contribution in [3.63, 3.8) is 0 Å². The van der Waals surface area contributed by atoms with Crippen LogP contribution in [0.2, 0.25) is 0 Å². The van der Waals surface area contributed by atoms with Crippen LogP contribution in [0.5, 0.6) is 11.5 Å². The Morgan fingerprint density at radius 1 is 1.25 bits per heavy atom. The topological polar surface area (TPSA) is 38.7 Å². The van der Waals surface area contributed by atoms with Crippen molar-refractivity contribution in [2.45, 2.75) is 26.1 Å². The van der Waals surface area contributed by atoms with Gasteiger partial charge in [-0.05, 0) is 24.6 Å². The minimum Gasteiger partial charge on any atom is -0.489 e. The Labute approximate surface area is 118 Å². The van der Waals surface area contributed by atoms with E-state index in [1.807, 2.05) is 30.3 Å². The third-order valence-corrected chi connectivity index (χ3v) is 3.52. The van der Waals surface area contributed by atoms with Crippen LogP contribution in [-0.2, 0) is 13.0 Å². The molecule has 1 atom stereocenters. The molecule has 1 N–H and O–H groups in total. The predicted molar refractivity (Wildman–Crippen MR) is 77.2 cm³/mol. The molecule has 1 heterocycles. The molecule has 1 aliphatic rings. The first-order valence-corrected chi connectivity index (χ1v) is 6.84. The second kappa shape index (κ2) is 5.55. The number of benzene rings is 2. The summed E-state index contributed by atoms with van der Waals surface area (Å²) in [7, 11) is 0. The van der Waals surface area contributed by atoms with Gasteiger partial charge in [0.1, 0.15) is 24.2 Å². The maximum Gasteiger partial charge on any atom is 0.137 e. The van der Waals surface area contributed by atoms with Gasteiger partial charge < -0.3 is 14.6 Å². The average molecular weight is 270 g/mol. The number of hydrogen-bond donors (Lipinski definition) is 1. The molecule has 3 nitrogen and oxygen atoms in total. The van der Waals surface area contributed by atoms with Gasteiger partial charge >= 0.3 is 0 Å². The van der Waals surface area contributed by atoms with E-state index in [9.17, 15) is 5.11 Å². The molecule has 3 rings (SSSR count). The summed E-state index contributed by atoms with van der Waals surface area (Å²) in [5.74, 6) is 1.69. The Morgan fingerprint density at radius 2 is 2.10 bits per heavy atom. The van der Waals surface area contributed by atoms with Crippen molar-refractivity contribution >= 4 is 0 Å². The van der Waals surface area contributed by atoms with Crippen LogP contribution in [-0.4, -0.2) is 17.8 Å². The second-order valence-corrected chi connectivity index (χ2v) is 5.13. The zero-order chi connectivity index (χ0) is 13.9. The number of para-hydroxylation sites is 1. The zero-order valence-electron chi connectivity index (χ0n) is 11.5. The average Bonchev–Trinajstić information content (AvgIpc) is 2.87. The van der Waals surface area contributed by atoms with Crippen molar-refractivity contribution in [2.75, 3.05) is 6.61 Å². The Hall–Kier alpha value is -2.00. The predicted octanol–water partition coefficient (Wildman–Crippen LogP) is 2.87. The molecular formula is C17H18O3. The lowest BCUT2D eigenvalue weighted by molar-refractivity contribution is 0.146. The van der Waals surface area contributed by atoms with Crippen LogP contribution >= 0.6 is 0 Å². The van der Waals surface area contributed by atoms with Crippen LogP contribution in [0.1, 0.15) is 16.7 Å². The number of ether oxygens (including phenoxy) is 2. The fourth-order valence-electron chi connectivity index (χ4n) is 2.50. The molecule has 0 amide bonds. The second-order valence-electron chi connectivity index (χ2n) is 5.13. The molecule has 0 saturated carbocycles. The first kappa shape index (κ1) is 13.0. The molecular weight excluding hydrogens is 252 g/mol. The number of aliphatic hydroxyl groups excluding tert-OH is 1. The molecule has 3 heteroatoms. The fraction of sp³-hybridized carbons (Fsp3) is 0.294. The minimum atomic E-state index is -0.0128. The summed E-state index contributed by atoms with van der Waals surface area (Å²) in [6.07, 6.45) is 0.914. The smallest absolute Gasteiger partial charge is 0.137 e. The monoisotopic (exact) mass is 270 g/mol. The van der Waals surface area contributed by atoms with E-state index in [-0.39, 0.29) is 12.7 Å². The van der Waals surface area contributed by atoms with Crippen molar-refractivity contribution in [3.8, 4) is 11.5 Å². The quantitative estimate of drug-likeness (QED) is 0.928. The first-order valence-electron chi connectivity index (χ1n) is 6.84. The van der Waals surface area contributed by atoms with Gasteiger partial charge in [-0.15, -0.1) is 0 Å². The van der Waals surface area contributed by atoms with Gasteiger partial charge in [-0.3, -0.25) is 0 Å². The molecule has 0 bridgehead atoms. The van der Waals surface area contributed by atoms with E-state index in [2.05, 4.69) is 19.1 Å². The summed E-state index contributed by atoms with van der Waals surface area (Å²) in [6, 6.07) is 13.8. The third kappa shape index (κ3) is 2.63. The van der Waals surface area contributed by atoms with E-state index in [4.69, 9.17) is 9.47 Å². The van der Waals surface area contributed by atoms with E-state index in [0.717, 1.165) is 23.5 Å². The number of rotatable bonds is 4. The molecule has 2 aromatic carbocycles. The van der Waals surface area contributed by atoms with Crippen molar-refractivity contribution in [2.24, 2.45) is 0 Å². The highest BCUT2D eigenvalue weighted by atomic mass is 16.5. The van der Waals surface area contributed by atoms with E-state index in [1.165, 1.54) is 11.1 Å². The molecule has 1 aliphatic heterocycles. The standard InChI is InChI=1S/C17H18O3/c1-12-6-7-17-14(8-12)9-15(20-17)11-19-16-5-3-2-4-13(16)10-18/h2-8,15,18H,9-11H2,1H3. The van der Waals surface area contributed by atoms with Crippen molar-refractivity contribution in [1.82, 2.24) is 0 Å². The number of hydrogen-bond acceptors (Lipinski definition) is 3. The Balaban J connectivity index is 1.64. The van der Waals surface area contributed by atoms with E-state index in [1.54, 1.807) is 0 Å². The van der Waals surface area contributed by atoms with Gasteiger partial charge in [0, 0.05) is 12.0 Å². The molecule has 0 aromatic heterocycles. The number of fused-ring (bicyclic) bond motifs is 1. The lowest BCUT2D eigenvalue weighted by atomic mass is 10.1. The number of aryl methyl sites for hydroxylation is 1. The molecule has 20 heavy (non-hydrogen) atoms. The van der Waals surface area contributed by atoms with Gasteiger partial charge in [0.25, 0.3) is 0 Å². The van der Waals surface area contributed by atoms with E-state index < -0.39 is 0 Å². The Kier molecular flexibility index (Phi) is 3.61. The third-order valence-electron chi connectivity index (χ3n) is 3.52. The van der Waals surface area contributed by atoms with Crippen LogP contribution in [0.25, 0.3) is 0 Å². The molecule has 0 radical (unpaired) electrons. The van der Waals surface area contributed by atoms with Gasteiger partial charge in [0.15, 0.2) is 0 Å². The maximum absolute atomic E-state index is 9.27. The molecule has 0 aliphatic carbocycles. The van der Waals surface area contributed by atoms with Crippen molar-refractivity contribution in [1.29, 1.82) is 0 Å². The van der Waals surface area contributed by atoms with Crippen LogP contribution in [0.3, 0.4) is 0 Å². The maximum atomic E-state index is 9.27. The van der Waals surface area contributed by atoms with Gasteiger partial charge in [-0.1, -0.05) is 35.9 Å². The lowest BCUT2D eigenvalue weighted by Crippen LogP contribution is -2.22. The Morgan fingerprint density at radius 3 is 2.95 bits per heavy atom. The molecule has 2 aromatic rings. The van der Waals surface area contributed by atoms with Gasteiger partial charge in [0.2, 0.25) is 0 Å². The summed E-state index contributed by atoms with van der Waals surface area (Å²) in [5.41, 5.74) is 3.30. The van der Waals surface area contributed by atoms with Crippen molar-refractivity contribution < 1.29 is 14.6 Å². The highest BCUT2D eigenvalue weighted by Gasteiger charge is 2.23. The van der Waals surface area contributed by atoms with Gasteiger partial charge in [-0.25, -0.2) is 0 Å². The first-order chi connectivity index (χ1) is 9.76. The normalized spacial score (nSPS) is 16.6. The fourth-order valence-corrected chi connectivity index (χ4v) is 2.50. The van der Waals surface area contributed by atoms with E-state index >= 15 is 0 Å². The van der Waals surface area contributed by atoms with Crippen LogP contribution in [0.15, 0.2) is 42.5 Å². The molecule has 0 saturated heterocycles. The van der Waals surface area contributed by atoms with Crippen LogP contribution < -0.4 is 9.47 Å². The lowest BCUT2D eigenvalue weighted by Gasteiger charge is -2.14. The SMILES string of the molecule is Cc1ccc2c(c1)CC(COc1ccccc1CO)O2. The summed E-state index contributed by atoms with van der Waals surface area (Å²) < 4.78 is 11.7. The highest BCUT2D eigenvalue weighted by molar-refractivity contribution is 5.40. The van der Waals surface area contributed by atoms with Gasteiger partial charge in [0.05, 0.1) is 6.61 Å². The number of aliphatic hydroxyl groups is 1. The summed E-state index contributed by atoms with van der Waals surface area (Å²) in [4.78, 5) is 0. The summed E-state index contributed by atoms with van der Waals surface area (Å²) in [5, 5.41) is 9.27. The van der Waals surface area contributed by atoms with Gasteiger partial charge in [-0.2, -0.15) is 0 Å². The zero-order valence-corrected chi connectivity index (χ0v) is 11.5. The molecule has 0 fully saturated rings. The van der Waals surface area contributed by atoms with Crippen LogP contribution in [0.4, 0.5) is 0 Å². The van der Waals surface area contributed by atoms with E-state index in [0.29, 0.717) is 6.61 Å². The van der Waals surface area contributed by atoms with Crippen molar-refractivity contribution in [3.05, 3.63) is 59.2 Å². The highest BCUT2D eigenvalue weighted by Crippen LogP contribution is 2.30. The molecule has 104 valence electrons. The summed E-state index contributed by atoms with van der Waals surface area (Å²) >= 11 is 0. The molecule has 1 unspecified atom stereocenters. The Bertz CT molecular complexity index is 607. The molecule has 0 spiro atoms. The van der Waals surface area contributed by atoms with Crippen LogP contribution in [0, 0.1) is 6.92 Å². The summed E-state index contributed by atoms with van der Waals surface area (Å²) in [6.45, 7) is 2.56.